The van der Waals surface area contributed by atoms with Gasteiger partial charge in [0.15, 0.2) is 0 Å². The van der Waals surface area contributed by atoms with Crippen LogP contribution in [0.4, 0.5) is 0 Å². The van der Waals surface area contributed by atoms with Crippen molar-refractivity contribution >= 4 is 5.91 Å². The van der Waals surface area contributed by atoms with Gasteiger partial charge in [-0.2, -0.15) is 0 Å². The minimum Gasteiger partial charge on any atom is -0.355 e. The Morgan fingerprint density at radius 3 is 2.75 bits per heavy atom. The number of piperidine rings is 2. The van der Waals surface area contributed by atoms with Gasteiger partial charge in [-0.05, 0) is 25.8 Å². The highest BCUT2D eigenvalue weighted by Gasteiger charge is 2.35. The van der Waals surface area contributed by atoms with Crippen molar-refractivity contribution in [3.63, 3.8) is 0 Å². The van der Waals surface area contributed by atoms with Gasteiger partial charge in [0.25, 0.3) is 0 Å². The first-order valence-corrected chi connectivity index (χ1v) is 4.78. The largest absolute Gasteiger partial charge is 0.355 e. The first-order chi connectivity index (χ1) is 5.81. The van der Waals surface area contributed by atoms with Crippen LogP contribution in [0.5, 0.6) is 0 Å². The summed E-state index contributed by atoms with van der Waals surface area (Å²) in [4.78, 5) is 11.0. The third-order valence-electron chi connectivity index (χ3n) is 3.10. The normalized spacial score (nSPS) is 36.5. The second kappa shape index (κ2) is 3.05. The molecule has 2 saturated heterocycles. The molecular weight excluding hydrogens is 152 g/mol. The van der Waals surface area contributed by atoms with Crippen LogP contribution in [0.15, 0.2) is 0 Å². The molecule has 2 heterocycles. The molecule has 3 nitrogen and oxygen atoms in total. The van der Waals surface area contributed by atoms with Crippen LogP contribution in [-0.4, -0.2) is 25.5 Å². The highest BCUT2D eigenvalue weighted by molar-refractivity contribution is 5.76. The van der Waals surface area contributed by atoms with Crippen molar-refractivity contribution in [2.45, 2.75) is 25.7 Å². The summed E-state index contributed by atoms with van der Waals surface area (Å²) in [6.45, 7) is 3.13. The molecule has 1 amide bonds. The van der Waals surface area contributed by atoms with E-state index in [-0.39, 0.29) is 5.91 Å². The standard InChI is InChI=1S/C9H16N2O/c12-8-2-4-9(7-11-8)3-1-5-10-6-9/h10H,1-7H2,(H,11,12)/t9-/m1/s1. The molecule has 0 unspecified atom stereocenters. The number of nitrogens with one attached hydrogen (secondary N) is 2. The quantitative estimate of drug-likeness (QED) is 0.545. The summed E-state index contributed by atoms with van der Waals surface area (Å²) in [6, 6.07) is 0. The summed E-state index contributed by atoms with van der Waals surface area (Å²) in [5, 5.41) is 6.37. The fourth-order valence-electron chi connectivity index (χ4n) is 2.24. The number of carbonyl (C=O) groups excluding carboxylic acids is 1. The average molecular weight is 168 g/mol. The van der Waals surface area contributed by atoms with Gasteiger partial charge in [0.2, 0.25) is 5.91 Å². The second-order valence-electron chi connectivity index (χ2n) is 4.06. The predicted octanol–water partition coefficient (Wildman–Crippen LogP) is 0.266. The average Bonchev–Trinajstić information content (AvgIpc) is 2.13. The topological polar surface area (TPSA) is 41.1 Å². The van der Waals surface area contributed by atoms with E-state index in [0.29, 0.717) is 5.41 Å². The number of rotatable bonds is 0. The summed E-state index contributed by atoms with van der Waals surface area (Å²) in [7, 11) is 0. The molecule has 0 saturated carbocycles. The van der Waals surface area contributed by atoms with Crippen molar-refractivity contribution in [1.29, 1.82) is 0 Å². The molecule has 2 N–H and O–H groups in total. The van der Waals surface area contributed by atoms with Crippen LogP contribution >= 0.6 is 0 Å². The molecule has 2 aliphatic rings. The summed E-state index contributed by atoms with van der Waals surface area (Å²) in [6.07, 6.45) is 4.34. The molecule has 2 fully saturated rings. The van der Waals surface area contributed by atoms with Gasteiger partial charge in [-0.25, -0.2) is 0 Å². The lowest BCUT2D eigenvalue weighted by Crippen LogP contribution is -2.51. The molecule has 0 radical (unpaired) electrons. The van der Waals surface area contributed by atoms with Crippen molar-refractivity contribution in [1.82, 2.24) is 10.6 Å². The maximum atomic E-state index is 11.0. The van der Waals surface area contributed by atoms with Crippen molar-refractivity contribution in [2.24, 2.45) is 5.41 Å². The van der Waals surface area contributed by atoms with Gasteiger partial charge < -0.3 is 10.6 Å². The van der Waals surface area contributed by atoms with Crippen molar-refractivity contribution in [2.75, 3.05) is 19.6 Å². The minimum absolute atomic E-state index is 0.228. The molecule has 0 aromatic carbocycles. The van der Waals surface area contributed by atoms with Crippen molar-refractivity contribution < 1.29 is 4.79 Å². The van der Waals surface area contributed by atoms with Crippen molar-refractivity contribution in [3.8, 4) is 0 Å². The summed E-state index contributed by atoms with van der Waals surface area (Å²) in [5.41, 5.74) is 0.395. The van der Waals surface area contributed by atoms with Gasteiger partial charge in [0.1, 0.15) is 0 Å². The highest BCUT2D eigenvalue weighted by atomic mass is 16.1. The maximum Gasteiger partial charge on any atom is 0.220 e. The Morgan fingerprint density at radius 2 is 2.17 bits per heavy atom. The minimum atomic E-state index is 0.228. The molecule has 3 heteroatoms. The molecule has 12 heavy (non-hydrogen) atoms. The molecule has 0 aliphatic carbocycles. The van der Waals surface area contributed by atoms with E-state index >= 15 is 0 Å². The lowest BCUT2D eigenvalue weighted by Gasteiger charge is -2.40. The van der Waals surface area contributed by atoms with Gasteiger partial charge in [0, 0.05) is 24.9 Å². The van der Waals surface area contributed by atoms with Crippen LogP contribution in [-0.2, 0) is 4.79 Å². The monoisotopic (exact) mass is 168 g/mol. The number of amides is 1. The highest BCUT2D eigenvalue weighted by Crippen LogP contribution is 2.32. The SMILES string of the molecule is O=C1CC[C@@]2(CCCNC2)CN1. The molecule has 2 rings (SSSR count). The molecule has 68 valence electrons. The van der Waals surface area contributed by atoms with E-state index in [2.05, 4.69) is 10.6 Å². The van der Waals surface area contributed by atoms with Crippen molar-refractivity contribution in [3.05, 3.63) is 0 Å². The Kier molecular flexibility index (Phi) is 2.05. The first kappa shape index (κ1) is 8.05. The number of hydrogen-bond acceptors (Lipinski definition) is 2. The van der Waals surface area contributed by atoms with Gasteiger partial charge in [-0.3, -0.25) is 4.79 Å². The third-order valence-corrected chi connectivity index (χ3v) is 3.10. The van der Waals surface area contributed by atoms with E-state index in [1.54, 1.807) is 0 Å². The number of hydrogen-bond donors (Lipinski definition) is 2. The van der Waals surface area contributed by atoms with Crippen LogP contribution in [0.1, 0.15) is 25.7 Å². The van der Waals surface area contributed by atoms with Gasteiger partial charge in [0.05, 0.1) is 0 Å². The zero-order chi connectivity index (χ0) is 8.44. The van der Waals surface area contributed by atoms with E-state index in [1.807, 2.05) is 0 Å². The zero-order valence-electron chi connectivity index (χ0n) is 7.36. The zero-order valence-corrected chi connectivity index (χ0v) is 7.36. The van der Waals surface area contributed by atoms with E-state index < -0.39 is 0 Å². The van der Waals surface area contributed by atoms with E-state index in [0.717, 1.165) is 32.5 Å². The van der Waals surface area contributed by atoms with Crippen LogP contribution in [0.25, 0.3) is 0 Å². The Hall–Kier alpha value is -0.570. The molecule has 0 bridgehead atoms. The third kappa shape index (κ3) is 1.46. The van der Waals surface area contributed by atoms with E-state index in [1.165, 1.54) is 12.8 Å². The van der Waals surface area contributed by atoms with Crippen LogP contribution in [0, 0.1) is 5.41 Å². The first-order valence-electron chi connectivity index (χ1n) is 4.78. The maximum absolute atomic E-state index is 11.0. The Balaban J connectivity index is 1.96. The lowest BCUT2D eigenvalue weighted by atomic mass is 9.75. The van der Waals surface area contributed by atoms with Gasteiger partial charge >= 0.3 is 0 Å². The summed E-state index contributed by atoms with van der Waals surface area (Å²) in [5.74, 6) is 0.228. The van der Waals surface area contributed by atoms with E-state index in [4.69, 9.17) is 0 Å². The Bertz CT molecular complexity index is 173. The molecule has 1 spiro atoms. The molecule has 0 aromatic heterocycles. The molecule has 2 aliphatic heterocycles. The number of carbonyl (C=O) groups is 1. The predicted molar refractivity (Wildman–Crippen MR) is 46.8 cm³/mol. The fraction of sp³-hybridized carbons (Fsp3) is 0.889. The van der Waals surface area contributed by atoms with E-state index in [9.17, 15) is 4.79 Å². The summed E-state index contributed by atoms with van der Waals surface area (Å²) >= 11 is 0. The Morgan fingerprint density at radius 1 is 1.25 bits per heavy atom. The van der Waals surface area contributed by atoms with Gasteiger partial charge in [-0.15, -0.1) is 0 Å². The lowest BCUT2D eigenvalue weighted by molar-refractivity contribution is -0.124. The Labute approximate surface area is 72.9 Å². The second-order valence-corrected chi connectivity index (χ2v) is 4.06. The fourth-order valence-corrected chi connectivity index (χ4v) is 2.24. The van der Waals surface area contributed by atoms with Crippen LogP contribution in [0.2, 0.25) is 0 Å². The van der Waals surface area contributed by atoms with Crippen LogP contribution in [0.3, 0.4) is 0 Å². The summed E-state index contributed by atoms with van der Waals surface area (Å²) < 4.78 is 0. The molecular formula is C9H16N2O. The molecule has 1 atom stereocenters. The molecule has 0 aromatic rings. The van der Waals surface area contributed by atoms with Gasteiger partial charge in [-0.1, -0.05) is 0 Å². The smallest absolute Gasteiger partial charge is 0.220 e. The van der Waals surface area contributed by atoms with Crippen LogP contribution < -0.4 is 10.6 Å².